The van der Waals surface area contributed by atoms with Gasteiger partial charge in [0.25, 0.3) is 0 Å². The summed E-state index contributed by atoms with van der Waals surface area (Å²) in [7, 11) is 0. The standard InChI is InChI=1S/C17H12N2.C7H6O2/c1-11-5-4-6-12-9-10-15-17(16(11)12)19-14-8-3-2-7-13(14)18-15;8-7(9)6-4-2-1-3-5-6/h2-10H,1H3;1-5H,(H,8,9). The molecular weight excluding hydrogens is 348 g/mol. The number of hydrogen-bond donors (Lipinski definition) is 1. The fraction of sp³-hybridized carbons (Fsp3) is 0.0417. The van der Waals surface area contributed by atoms with Gasteiger partial charge in [0.15, 0.2) is 0 Å². The quantitative estimate of drug-likeness (QED) is 0.308. The Balaban J connectivity index is 0.000000181. The second kappa shape index (κ2) is 7.45. The van der Waals surface area contributed by atoms with Gasteiger partial charge in [0, 0.05) is 5.39 Å². The summed E-state index contributed by atoms with van der Waals surface area (Å²) in [6.07, 6.45) is 0. The Bertz CT molecular complexity index is 1300. The van der Waals surface area contributed by atoms with Crippen molar-refractivity contribution in [2.24, 2.45) is 0 Å². The lowest BCUT2D eigenvalue weighted by molar-refractivity contribution is 0.0697. The Morgan fingerprint density at radius 3 is 2.07 bits per heavy atom. The predicted molar refractivity (Wildman–Crippen MR) is 113 cm³/mol. The van der Waals surface area contributed by atoms with Crippen LogP contribution in [0.15, 0.2) is 84.9 Å². The maximum Gasteiger partial charge on any atom is 0.335 e. The Hall–Kier alpha value is -3.79. The SMILES string of the molecule is Cc1cccc2ccc3nc4ccccc4nc3c12.O=C(O)c1ccccc1. The molecule has 1 N–H and O–H groups in total. The Labute approximate surface area is 162 Å². The van der Waals surface area contributed by atoms with Crippen LogP contribution in [0.2, 0.25) is 0 Å². The van der Waals surface area contributed by atoms with Gasteiger partial charge in [-0.3, -0.25) is 0 Å². The summed E-state index contributed by atoms with van der Waals surface area (Å²) < 4.78 is 0. The summed E-state index contributed by atoms with van der Waals surface area (Å²) in [4.78, 5) is 19.7. The van der Waals surface area contributed by atoms with Crippen molar-refractivity contribution < 1.29 is 9.90 Å². The fourth-order valence-corrected chi connectivity index (χ4v) is 3.22. The third-order valence-corrected chi connectivity index (χ3v) is 4.58. The summed E-state index contributed by atoms with van der Waals surface area (Å²) in [6.45, 7) is 2.12. The van der Waals surface area contributed by atoms with Crippen molar-refractivity contribution in [1.82, 2.24) is 9.97 Å². The van der Waals surface area contributed by atoms with Crippen LogP contribution in [0.5, 0.6) is 0 Å². The van der Waals surface area contributed by atoms with E-state index in [4.69, 9.17) is 15.1 Å². The van der Waals surface area contributed by atoms with E-state index in [2.05, 4.69) is 37.3 Å². The molecule has 4 nitrogen and oxygen atoms in total. The number of fused-ring (bicyclic) bond motifs is 4. The molecule has 0 bridgehead atoms. The van der Waals surface area contributed by atoms with Crippen LogP contribution < -0.4 is 0 Å². The number of aromatic nitrogens is 2. The molecule has 1 aromatic heterocycles. The summed E-state index contributed by atoms with van der Waals surface area (Å²) in [6, 6.07) is 26.8. The molecule has 0 amide bonds. The first-order valence-electron chi connectivity index (χ1n) is 8.96. The third-order valence-electron chi connectivity index (χ3n) is 4.58. The van der Waals surface area contributed by atoms with Gasteiger partial charge in [-0.15, -0.1) is 0 Å². The zero-order valence-corrected chi connectivity index (χ0v) is 15.3. The van der Waals surface area contributed by atoms with Gasteiger partial charge in [0.2, 0.25) is 0 Å². The van der Waals surface area contributed by atoms with Gasteiger partial charge in [-0.1, -0.05) is 54.6 Å². The highest BCUT2D eigenvalue weighted by molar-refractivity contribution is 6.07. The highest BCUT2D eigenvalue weighted by atomic mass is 16.4. The molecule has 0 saturated carbocycles. The minimum Gasteiger partial charge on any atom is -0.478 e. The van der Waals surface area contributed by atoms with Crippen molar-refractivity contribution in [3.8, 4) is 0 Å². The normalized spacial score (nSPS) is 10.6. The van der Waals surface area contributed by atoms with Crippen molar-refractivity contribution in [1.29, 1.82) is 0 Å². The van der Waals surface area contributed by atoms with E-state index in [-0.39, 0.29) is 0 Å². The molecule has 0 aliphatic carbocycles. The number of rotatable bonds is 1. The first kappa shape index (κ1) is 17.6. The molecule has 5 aromatic rings. The zero-order chi connectivity index (χ0) is 19.5. The Kier molecular flexibility index (Phi) is 4.68. The highest BCUT2D eigenvalue weighted by Gasteiger charge is 2.07. The number of carboxylic acids is 1. The van der Waals surface area contributed by atoms with Crippen LogP contribution in [0, 0.1) is 6.92 Å². The Morgan fingerprint density at radius 2 is 1.39 bits per heavy atom. The maximum atomic E-state index is 10.2. The summed E-state index contributed by atoms with van der Waals surface area (Å²) >= 11 is 0. The van der Waals surface area contributed by atoms with Crippen LogP contribution in [-0.2, 0) is 0 Å². The first-order chi connectivity index (χ1) is 13.6. The lowest BCUT2D eigenvalue weighted by Gasteiger charge is -2.06. The molecule has 136 valence electrons. The molecule has 4 heteroatoms. The van der Waals surface area contributed by atoms with Crippen molar-refractivity contribution in [2.75, 3.05) is 0 Å². The monoisotopic (exact) mass is 366 g/mol. The molecule has 0 aliphatic rings. The van der Waals surface area contributed by atoms with Gasteiger partial charge in [0.05, 0.1) is 27.6 Å². The van der Waals surface area contributed by atoms with Gasteiger partial charge < -0.3 is 5.11 Å². The number of carboxylic acid groups (broad SMARTS) is 1. The smallest absolute Gasteiger partial charge is 0.335 e. The number of para-hydroxylation sites is 2. The van der Waals surface area contributed by atoms with Crippen molar-refractivity contribution in [3.63, 3.8) is 0 Å². The molecular formula is C24H18N2O2. The maximum absolute atomic E-state index is 10.2. The molecule has 4 aromatic carbocycles. The number of aryl methyl sites for hydroxylation is 1. The minimum atomic E-state index is -0.879. The number of nitrogens with zero attached hydrogens (tertiary/aromatic N) is 2. The van der Waals surface area contributed by atoms with Crippen LogP contribution in [0.25, 0.3) is 32.8 Å². The van der Waals surface area contributed by atoms with Crippen LogP contribution >= 0.6 is 0 Å². The van der Waals surface area contributed by atoms with Gasteiger partial charge >= 0.3 is 5.97 Å². The number of hydrogen-bond acceptors (Lipinski definition) is 3. The van der Waals surface area contributed by atoms with Crippen molar-refractivity contribution in [2.45, 2.75) is 6.92 Å². The Morgan fingerprint density at radius 1 is 0.714 bits per heavy atom. The number of carbonyl (C=O) groups is 1. The van der Waals surface area contributed by atoms with E-state index in [0.717, 1.165) is 22.1 Å². The average Bonchev–Trinajstić information content (AvgIpc) is 2.73. The highest BCUT2D eigenvalue weighted by Crippen LogP contribution is 2.27. The molecule has 0 fully saturated rings. The van der Waals surface area contributed by atoms with Crippen LogP contribution in [0.4, 0.5) is 0 Å². The van der Waals surface area contributed by atoms with Crippen LogP contribution in [-0.4, -0.2) is 21.0 Å². The van der Waals surface area contributed by atoms with E-state index in [1.165, 1.54) is 16.3 Å². The molecule has 0 aliphatic heterocycles. The summed E-state index contributed by atoms with van der Waals surface area (Å²) in [5, 5.41) is 10.8. The predicted octanol–water partition coefficient (Wildman–Crippen LogP) is 5.63. The number of benzene rings is 4. The number of aromatic carboxylic acids is 1. The summed E-state index contributed by atoms with van der Waals surface area (Å²) in [5.41, 5.74) is 5.42. The lowest BCUT2D eigenvalue weighted by atomic mass is 10.0. The molecule has 28 heavy (non-hydrogen) atoms. The van der Waals surface area contributed by atoms with Crippen molar-refractivity contribution >= 4 is 38.8 Å². The van der Waals surface area contributed by atoms with E-state index in [0.29, 0.717) is 5.56 Å². The largest absolute Gasteiger partial charge is 0.478 e. The van der Waals surface area contributed by atoms with Crippen LogP contribution in [0.3, 0.4) is 0 Å². The molecule has 1 heterocycles. The summed E-state index contributed by atoms with van der Waals surface area (Å²) in [5.74, 6) is -0.879. The van der Waals surface area contributed by atoms with E-state index in [1.54, 1.807) is 30.3 Å². The second-order valence-corrected chi connectivity index (χ2v) is 6.49. The topological polar surface area (TPSA) is 63.1 Å². The minimum absolute atomic E-state index is 0.331. The molecule has 0 saturated heterocycles. The fourth-order valence-electron chi connectivity index (χ4n) is 3.22. The zero-order valence-electron chi connectivity index (χ0n) is 15.3. The van der Waals surface area contributed by atoms with Gasteiger partial charge in [-0.05, 0) is 48.2 Å². The third kappa shape index (κ3) is 3.40. The van der Waals surface area contributed by atoms with Crippen LogP contribution in [0.1, 0.15) is 15.9 Å². The second-order valence-electron chi connectivity index (χ2n) is 6.49. The van der Waals surface area contributed by atoms with Crippen molar-refractivity contribution in [3.05, 3.63) is 96.1 Å². The van der Waals surface area contributed by atoms with E-state index in [9.17, 15) is 4.79 Å². The van der Waals surface area contributed by atoms with Gasteiger partial charge in [0.1, 0.15) is 0 Å². The van der Waals surface area contributed by atoms with E-state index >= 15 is 0 Å². The van der Waals surface area contributed by atoms with Gasteiger partial charge in [-0.25, -0.2) is 14.8 Å². The molecule has 0 spiro atoms. The van der Waals surface area contributed by atoms with Gasteiger partial charge in [-0.2, -0.15) is 0 Å². The van der Waals surface area contributed by atoms with E-state index in [1.807, 2.05) is 24.3 Å². The molecule has 0 radical (unpaired) electrons. The molecule has 0 unspecified atom stereocenters. The molecule has 0 atom stereocenters. The first-order valence-corrected chi connectivity index (χ1v) is 8.96. The lowest BCUT2D eigenvalue weighted by Crippen LogP contribution is -1.93. The average molecular weight is 366 g/mol. The van der Waals surface area contributed by atoms with E-state index < -0.39 is 5.97 Å². The molecule has 5 rings (SSSR count).